The molecular formula is C15H22FN3O. The summed E-state index contributed by atoms with van der Waals surface area (Å²) in [5.41, 5.74) is 0.184. The number of nitrogens with zero attached hydrogens (tertiary/aromatic N) is 1. The van der Waals surface area contributed by atoms with Crippen LogP contribution in [0.2, 0.25) is 0 Å². The second-order valence-electron chi connectivity index (χ2n) is 5.42. The zero-order valence-corrected chi connectivity index (χ0v) is 12.1. The zero-order valence-electron chi connectivity index (χ0n) is 12.1. The Morgan fingerprint density at radius 3 is 2.75 bits per heavy atom. The van der Waals surface area contributed by atoms with Crippen molar-refractivity contribution in [2.24, 2.45) is 0 Å². The summed E-state index contributed by atoms with van der Waals surface area (Å²) in [6, 6.07) is 1.25. The van der Waals surface area contributed by atoms with Gasteiger partial charge in [-0.2, -0.15) is 0 Å². The minimum Gasteiger partial charge on any atom is -0.369 e. The van der Waals surface area contributed by atoms with E-state index in [9.17, 15) is 9.18 Å². The molecule has 1 fully saturated rings. The molecule has 5 heteroatoms. The first kappa shape index (κ1) is 14.8. The van der Waals surface area contributed by atoms with Gasteiger partial charge in [-0.1, -0.05) is 13.8 Å². The Balaban J connectivity index is 2.17. The van der Waals surface area contributed by atoms with Gasteiger partial charge in [-0.05, 0) is 38.2 Å². The van der Waals surface area contributed by atoms with Gasteiger partial charge >= 0.3 is 0 Å². The normalized spacial score (nSPS) is 16.4. The zero-order chi connectivity index (χ0) is 14.6. The van der Waals surface area contributed by atoms with Gasteiger partial charge in [-0.15, -0.1) is 0 Å². The number of rotatable bonds is 6. The van der Waals surface area contributed by atoms with Crippen LogP contribution in [0.4, 0.5) is 10.2 Å². The van der Waals surface area contributed by atoms with Gasteiger partial charge < -0.3 is 10.6 Å². The van der Waals surface area contributed by atoms with Crippen LogP contribution < -0.4 is 10.6 Å². The van der Waals surface area contributed by atoms with Crippen LogP contribution in [0.25, 0.3) is 0 Å². The smallest absolute Gasteiger partial charge is 0.255 e. The van der Waals surface area contributed by atoms with E-state index in [2.05, 4.69) is 22.5 Å². The number of carbonyl (C=O) groups excluding carboxylic acids is 1. The van der Waals surface area contributed by atoms with Crippen molar-refractivity contribution in [2.45, 2.75) is 51.5 Å². The fraction of sp³-hybridized carbons (Fsp3) is 0.600. The third kappa shape index (κ3) is 3.08. The van der Waals surface area contributed by atoms with E-state index in [0.717, 1.165) is 38.3 Å². The summed E-state index contributed by atoms with van der Waals surface area (Å²) in [5, 5.41) is 6.13. The van der Waals surface area contributed by atoms with E-state index in [1.807, 2.05) is 6.92 Å². The van der Waals surface area contributed by atoms with Gasteiger partial charge in [-0.25, -0.2) is 9.37 Å². The lowest BCUT2D eigenvalue weighted by Crippen LogP contribution is -2.53. The van der Waals surface area contributed by atoms with Gasteiger partial charge in [0.15, 0.2) is 0 Å². The first-order valence-electron chi connectivity index (χ1n) is 7.32. The van der Waals surface area contributed by atoms with Crippen molar-refractivity contribution in [1.82, 2.24) is 10.3 Å². The second-order valence-corrected chi connectivity index (χ2v) is 5.42. The SMILES string of the molecule is CCCNc1ncc(F)cc1C(=O)NC1(CC)CCC1. The van der Waals surface area contributed by atoms with Gasteiger partial charge in [-0.3, -0.25) is 4.79 Å². The molecule has 1 aromatic heterocycles. The summed E-state index contributed by atoms with van der Waals surface area (Å²) in [6.07, 6.45) is 6.08. The molecule has 2 N–H and O–H groups in total. The molecule has 0 spiro atoms. The molecule has 0 aromatic carbocycles. The predicted octanol–water partition coefficient (Wildman–Crippen LogP) is 3.11. The van der Waals surface area contributed by atoms with Gasteiger partial charge in [0.05, 0.1) is 11.8 Å². The summed E-state index contributed by atoms with van der Waals surface area (Å²) in [7, 11) is 0. The van der Waals surface area contributed by atoms with Crippen LogP contribution >= 0.6 is 0 Å². The minimum atomic E-state index is -0.489. The molecule has 20 heavy (non-hydrogen) atoms. The van der Waals surface area contributed by atoms with Gasteiger partial charge in [0, 0.05) is 12.1 Å². The molecule has 4 nitrogen and oxygen atoms in total. The molecule has 1 aliphatic carbocycles. The molecule has 1 saturated carbocycles. The Bertz CT molecular complexity index is 480. The quantitative estimate of drug-likeness (QED) is 0.841. The molecule has 0 unspecified atom stereocenters. The number of halogens is 1. The number of aromatic nitrogens is 1. The van der Waals surface area contributed by atoms with Crippen molar-refractivity contribution in [3.8, 4) is 0 Å². The molecule has 110 valence electrons. The maximum absolute atomic E-state index is 13.4. The number of hydrogen-bond donors (Lipinski definition) is 2. The number of amides is 1. The van der Waals surface area contributed by atoms with Crippen LogP contribution in [0.1, 0.15) is 56.3 Å². The van der Waals surface area contributed by atoms with E-state index in [0.29, 0.717) is 12.4 Å². The Labute approximate surface area is 119 Å². The standard InChI is InChI=1S/C15H22FN3O/c1-3-8-17-13-12(9-11(16)10-18-13)14(20)19-15(4-2)6-5-7-15/h9-10H,3-8H2,1-2H3,(H,17,18)(H,19,20). The highest BCUT2D eigenvalue weighted by atomic mass is 19.1. The lowest BCUT2D eigenvalue weighted by Gasteiger charge is -2.42. The number of anilines is 1. The second kappa shape index (κ2) is 6.20. The lowest BCUT2D eigenvalue weighted by molar-refractivity contribution is 0.0820. The molecule has 1 amide bonds. The van der Waals surface area contributed by atoms with Crippen LogP contribution in [0.5, 0.6) is 0 Å². The van der Waals surface area contributed by atoms with Crippen molar-refractivity contribution in [2.75, 3.05) is 11.9 Å². The van der Waals surface area contributed by atoms with Crippen molar-refractivity contribution in [3.63, 3.8) is 0 Å². The Hall–Kier alpha value is -1.65. The minimum absolute atomic E-state index is 0.106. The summed E-state index contributed by atoms with van der Waals surface area (Å²) in [5.74, 6) is -0.273. The van der Waals surface area contributed by atoms with Crippen LogP contribution in [0.15, 0.2) is 12.3 Å². The maximum atomic E-state index is 13.4. The Morgan fingerprint density at radius 1 is 1.45 bits per heavy atom. The van der Waals surface area contributed by atoms with Gasteiger partial charge in [0.25, 0.3) is 5.91 Å². The van der Waals surface area contributed by atoms with Gasteiger partial charge in [0.2, 0.25) is 0 Å². The molecule has 0 saturated heterocycles. The highest BCUT2D eigenvalue weighted by molar-refractivity contribution is 5.99. The van der Waals surface area contributed by atoms with Gasteiger partial charge in [0.1, 0.15) is 11.6 Å². The van der Waals surface area contributed by atoms with Crippen molar-refractivity contribution in [3.05, 3.63) is 23.6 Å². The van der Waals surface area contributed by atoms with E-state index in [1.165, 1.54) is 6.07 Å². The molecule has 0 atom stereocenters. The molecule has 0 radical (unpaired) electrons. The summed E-state index contributed by atoms with van der Waals surface area (Å²) in [4.78, 5) is 16.4. The topological polar surface area (TPSA) is 54.0 Å². The van der Waals surface area contributed by atoms with E-state index < -0.39 is 5.82 Å². The van der Waals surface area contributed by atoms with E-state index in [4.69, 9.17) is 0 Å². The third-order valence-corrected chi connectivity index (χ3v) is 4.01. The summed E-state index contributed by atoms with van der Waals surface area (Å²) in [6.45, 7) is 4.80. The van der Waals surface area contributed by atoms with Crippen molar-refractivity contribution >= 4 is 11.7 Å². The van der Waals surface area contributed by atoms with Crippen molar-refractivity contribution in [1.29, 1.82) is 0 Å². The highest BCUT2D eigenvalue weighted by Crippen LogP contribution is 2.35. The third-order valence-electron chi connectivity index (χ3n) is 4.01. The van der Waals surface area contributed by atoms with Crippen molar-refractivity contribution < 1.29 is 9.18 Å². The predicted molar refractivity (Wildman–Crippen MR) is 77.3 cm³/mol. The molecule has 0 bridgehead atoms. The number of pyridine rings is 1. The summed E-state index contributed by atoms with van der Waals surface area (Å²) >= 11 is 0. The fourth-order valence-corrected chi connectivity index (χ4v) is 2.48. The van der Waals surface area contributed by atoms with E-state index in [-0.39, 0.29) is 17.0 Å². The largest absolute Gasteiger partial charge is 0.369 e. The molecule has 2 rings (SSSR count). The molecule has 1 heterocycles. The lowest BCUT2D eigenvalue weighted by atomic mass is 9.74. The molecule has 0 aliphatic heterocycles. The molecular weight excluding hydrogens is 257 g/mol. The first-order valence-corrected chi connectivity index (χ1v) is 7.32. The number of hydrogen-bond acceptors (Lipinski definition) is 3. The fourth-order valence-electron chi connectivity index (χ4n) is 2.48. The number of nitrogens with one attached hydrogen (secondary N) is 2. The highest BCUT2D eigenvalue weighted by Gasteiger charge is 2.37. The van der Waals surface area contributed by atoms with Crippen LogP contribution in [0, 0.1) is 5.82 Å². The Morgan fingerprint density at radius 2 is 2.20 bits per heavy atom. The average molecular weight is 279 g/mol. The average Bonchev–Trinajstić information content (AvgIpc) is 2.41. The monoisotopic (exact) mass is 279 g/mol. The molecule has 1 aliphatic rings. The van der Waals surface area contributed by atoms with Crippen LogP contribution in [-0.2, 0) is 0 Å². The maximum Gasteiger partial charge on any atom is 0.255 e. The van der Waals surface area contributed by atoms with Crippen LogP contribution in [-0.4, -0.2) is 23.0 Å². The Kier molecular flexibility index (Phi) is 4.57. The van der Waals surface area contributed by atoms with Crippen LogP contribution in [0.3, 0.4) is 0 Å². The van der Waals surface area contributed by atoms with E-state index in [1.54, 1.807) is 0 Å². The first-order chi connectivity index (χ1) is 9.60. The summed E-state index contributed by atoms with van der Waals surface area (Å²) < 4.78 is 13.4. The number of carbonyl (C=O) groups is 1. The van der Waals surface area contributed by atoms with E-state index >= 15 is 0 Å². The molecule has 1 aromatic rings.